The number of aromatic nitrogens is 3. The number of hydrogen-bond donors (Lipinski definition) is 1. The third-order valence-electron chi connectivity index (χ3n) is 4.87. The van der Waals surface area contributed by atoms with E-state index in [0.717, 1.165) is 12.1 Å². The molecular weight excluding hydrogens is 472 g/mol. The van der Waals surface area contributed by atoms with Crippen LogP contribution in [0, 0.1) is 5.82 Å². The molecule has 7 nitrogen and oxygen atoms in total. The topological polar surface area (TPSA) is 84.2 Å². The molecule has 4 rings (SSSR count). The number of hydrogen-bond acceptors (Lipinski definition) is 6. The number of anilines is 2. The van der Waals surface area contributed by atoms with Gasteiger partial charge in [-0.05, 0) is 24.3 Å². The van der Waals surface area contributed by atoms with Crippen LogP contribution in [0.2, 0.25) is 16.6 Å². The average Bonchev–Trinajstić information content (AvgIpc) is 3.21. The van der Waals surface area contributed by atoms with E-state index < -0.39 is 14.7 Å². The van der Waals surface area contributed by atoms with Gasteiger partial charge in [-0.3, -0.25) is 4.98 Å². The number of carbonyl (C=O) groups excluding carboxylic acids is 1. The molecule has 2 aromatic carbocycles. The summed E-state index contributed by atoms with van der Waals surface area (Å²) >= 11 is -0.711. The number of halogens is 1. The van der Waals surface area contributed by atoms with Crippen LogP contribution in [0.15, 0.2) is 59.3 Å². The number of benzene rings is 2. The summed E-state index contributed by atoms with van der Waals surface area (Å²) in [4.78, 5) is 27.6. The van der Waals surface area contributed by atoms with Crippen molar-refractivity contribution >= 4 is 43.4 Å². The van der Waals surface area contributed by atoms with Gasteiger partial charge in [0.05, 0.1) is 11.9 Å². The molecule has 0 aliphatic rings. The van der Waals surface area contributed by atoms with Gasteiger partial charge < -0.3 is 0 Å². The van der Waals surface area contributed by atoms with E-state index in [1.54, 1.807) is 30.3 Å². The number of amides is 1. The van der Waals surface area contributed by atoms with E-state index in [1.807, 2.05) is 11.9 Å². The minimum absolute atomic E-state index is 0.176. The second-order valence-electron chi connectivity index (χ2n) is 7.65. The summed E-state index contributed by atoms with van der Waals surface area (Å²) in [5.41, 5.74) is 8.02. The molecule has 0 fully saturated rings. The quantitative estimate of drug-likeness (QED) is 0.369. The van der Waals surface area contributed by atoms with Crippen LogP contribution in [0.25, 0.3) is 22.4 Å². The Kier molecular flexibility index (Phi) is 6.51. The molecule has 164 valence electrons. The molecule has 4 aromatic rings. The second kappa shape index (κ2) is 9.49. The molecule has 2 heterocycles. The number of oxazole rings is 1. The zero-order valence-electron chi connectivity index (χ0n) is 18.0. The third-order valence-corrected chi connectivity index (χ3v) is 7.16. The summed E-state index contributed by atoms with van der Waals surface area (Å²) in [5, 5.41) is 4.00. The van der Waals surface area contributed by atoms with Crippen LogP contribution in [-0.4, -0.2) is 49.1 Å². The summed E-state index contributed by atoms with van der Waals surface area (Å²) in [6, 6.07) is 11.8. The first kappa shape index (κ1) is 22.0. The van der Waals surface area contributed by atoms with E-state index in [-0.39, 0.29) is 17.4 Å². The van der Waals surface area contributed by atoms with E-state index in [4.69, 9.17) is 4.42 Å². The van der Waals surface area contributed by atoms with Crippen LogP contribution in [-0.2, 0) is 0 Å². The molecule has 0 atom stereocenters. The van der Waals surface area contributed by atoms with Gasteiger partial charge >= 0.3 is 133 Å². The Hall–Kier alpha value is -3.25. The Labute approximate surface area is 190 Å². The molecule has 9 heteroatoms. The predicted octanol–water partition coefficient (Wildman–Crippen LogP) is 4.87. The molecule has 32 heavy (non-hydrogen) atoms. The van der Waals surface area contributed by atoms with Crippen molar-refractivity contribution in [2.75, 3.05) is 23.8 Å². The van der Waals surface area contributed by atoms with E-state index in [9.17, 15) is 9.18 Å². The van der Waals surface area contributed by atoms with Gasteiger partial charge in [-0.15, -0.1) is 0 Å². The average molecular weight is 495 g/mol. The zero-order chi connectivity index (χ0) is 22.7. The van der Waals surface area contributed by atoms with Crippen LogP contribution in [0.4, 0.5) is 16.1 Å². The molecule has 0 unspecified atom stereocenters. The van der Waals surface area contributed by atoms with E-state index in [1.165, 1.54) is 29.7 Å². The van der Waals surface area contributed by atoms with Gasteiger partial charge in [0.15, 0.2) is 0 Å². The van der Waals surface area contributed by atoms with E-state index >= 15 is 0 Å². The first-order valence-corrected chi connectivity index (χ1v) is 15.1. The molecule has 0 saturated heterocycles. The van der Waals surface area contributed by atoms with Crippen molar-refractivity contribution < 1.29 is 13.6 Å². The van der Waals surface area contributed by atoms with E-state index in [0.29, 0.717) is 28.5 Å². The van der Waals surface area contributed by atoms with Crippen LogP contribution >= 0.6 is 0 Å². The van der Waals surface area contributed by atoms with Crippen molar-refractivity contribution in [2.24, 2.45) is 0 Å². The monoisotopic (exact) mass is 495 g/mol. The molecule has 0 bridgehead atoms. The summed E-state index contributed by atoms with van der Waals surface area (Å²) in [6.07, 6.45) is 2.89. The van der Waals surface area contributed by atoms with Gasteiger partial charge in [0.1, 0.15) is 5.82 Å². The standard InChI is InChI=1S/C23H23AsFN5O2/c1-24(2)10-11-30(3)23-29-18-12-17(8-9-21(18)32-23)28-22(31)20-14-26-19(13-27-20)15-4-6-16(25)7-5-15/h4-9,12-14H,10-11H2,1-3H3,(H,28,31). The van der Waals surface area contributed by atoms with Crippen LogP contribution in [0.3, 0.4) is 0 Å². The Morgan fingerprint density at radius 3 is 2.59 bits per heavy atom. The SMILES string of the molecule is CN(CC[As](C)C)c1nc2cc(NC(=O)c3cnc(-c4ccc(F)cc4)cn3)ccc2o1. The molecule has 0 saturated carbocycles. The first-order chi connectivity index (χ1) is 15.4. The van der Waals surface area contributed by atoms with Crippen molar-refractivity contribution in [2.45, 2.75) is 16.6 Å². The van der Waals surface area contributed by atoms with Crippen molar-refractivity contribution in [1.29, 1.82) is 0 Å². The second-order valence-corrected chi connectivity index (χ2v) is 13.1. The molecule has 1 amide bonds. The van der Waals surface area contributed by atoms with Crippen LogP contribution < -0.4 is 10.2 Å². The van der Waals surface area contributed by atoms with Crippen LogP contribution in [0.5, 0.6) is 0 Å². The number of fused-ring (bicyclic) bond motifs is 1. The van der Waals surface area contributed by atoms with Crippen molar-refractivity contribution in [3.05, 3.63) is 66.4 Å². The fraction of sp³-hybridized carbons (Fsp3) is 0.217. The molecular formula is C23H23AsFN5O2. The first-order valence-electron chi connectivity index (χ1n) is 10.0. The zero-order valence-corrected chi connectivity index (χ0v) is 19.9. The molecule has 0 aliphatic heterocycles. The van der Waals surface area contributed by atoms with Crippen LogP contribution in [0.1, 0.15) is 10.5 Å². The summed E-state index contributed by atoms with van der Waals surface area (Å²) in [5.74, 6) is -0.705. The van der Waals surface area contributed by atoms with Crippen molar-refractivity contribution in [3.63, 3.8) is 0 Å². The van der Waals surface area contributed by atoms with Gasteiger partial charge in [0, 0.05) is 5.56 Å². The third kappa shape index (κ3) is 5.14. The summed E-state index contributed by atoms with van der Waals surface area (Å²) in [7, 11) is 1.97. The fourth-order valence-electron chi connectivity index (χ4n) is 3.01. The Morgan fingerprint density at radius 1 is 1.12 bits per heavy atom. The molecule has 0 spiro atoms. The van der Waals surface area contributed by atoms with Gasteiger partial charge in [-0.1, -0.05) is 0 Å². The van der Waals surface area contributed by atoms with Crippen molar-refractivity contribution in [1.82, 2.24) is 15.0 Å². The number of rotatable bonds is 7. The minimum atomic E-state index is -0.711. The molecule has 0 aliphatic carbocycles. The molecule has 1 N–H and O–H groups in total. The summed E-state index contributed by atoms with van der Waals surface area (Å²) < 4.78 is 18.9. The number of nitrogens with zero attached hydrogens (tertiary/aromatic N) is 4. The number of nitrogens with one attached hydrogen (secondary N) is 1. The molecule has 0 radical (unpaired) electrons. The number of carbonyl (C=O) groups is 1. The Bertz CT molecular complexity index is 1230. The van der Waals surface area contributed by atoms with Gasteiger partial charge in [0.25, 0.3) is 0 Å². The predicted molar refractivity (Wildman–Crippen MR) is 125 cm³/mol. The maximum absolute atomic E-state index is 13.1. The Balaban J connectivity index is 1.45. The fourth-order valence-corrected chi connectivity index (χ4v) is 4.48. The normalized spacial score (nSPS) is 11.2. The summed E-state index contributed by atoms with van der Waals surface area (Å²) in [6.45, 7) is 0.913. The Morgan fingerprint density at radius 2 is 1.91 bits per heavy atom. The van der Waals surface area contributed by atoms with Gasteiger partial charge in [0.2, 0.25) is 0 Å². The van der Waals surface area contributed by atoms with Gasteiger partial charge in [-0.25, -0.2) is 4.39 Å². The van der Waals surface area contributed by atoms with Crippen molar-refractivity contribution in [3.8, 4) is 11.3 Å². The van der Waals surface area contributed by atoms with E-state index in [2.05, 4.69) is 31.7 Å². The molecule has 2 aromatic heterocycles. The maximum atomic E-state index is 13.1. The van der Waals surface area contributed by atoms with Gasteiger partial charge in [-0.2, -0.15) is 0 Å².